The number of hydrogen-bond acceptors (Lipinski definition) is 5. The fraction of sp³-hybridized carbons (Fsp3) is 0.765. The molecule has 0 fully saturated rings. The molecule has 0 saturated heterocycles. The third kappa shape index (κ3) is 40.1. The zero-order chi connectivity index (χ0) is 41.7. The van der Waals surface area contributed by atoms with Crippen molar-refractivity contribution in [3.8, 4) is 0 Å². The van der Waals surface area contributed by atoms with Crippen LogP contribution in [0.25, 0.3) is 0 Å². The summed E-state index contributed by atoms with van der Waals surface area (Å²) in [6.07, 6.45) is 54.2. The van der Waals surface area contributed by atoms with Gasteiger partial charge in [0, 0.05) is 6.42 Å². The third-order valence-corrected chi connectivity index (χ3v) is 10.7. The van der Waals surface area contributed by atoms with E-state index in [0.29, 0.717) is 19.3 Å². The quantitative estimate of drug-likeness (QED) is 0.0247. The second-order valence-corrected chi connectivity index (χ2v) is 16.2. The van der Waals surface area contributed by atoms with Crippen molar-refractivity contribution in [1.29, 1.82) is 0 Å². The highest BCUT2D eigenvalue weighted by atomic mass is 16.5. The molecule has 0 aliphatic rings. The number of hydrogen-bond donors (Lipinski definition) is 3. The van der Waals surface area contributed by atoms with Crippen LogP contribution in [0.5, 0.6) is 0 Å². The van der Waals surface area contributed by atoms with Gasteiger partial charge < -0.3 is 20.3 Å². The van der Waals surface area contributed by atoms with Crippen LogP contribution in [0.2, 0.25) is 0 Å². The maximum Gasteiger partial charge on any atom is 0.306 e. The molecule has 0 heterocycles. The van der Waals surface area contributed by atoms with Crippen molar-refractivity contribution in [2.24, 2.45) is 0 Å². The molecule has 0 spiro atoms. The molecule has 0 aliphatic carbocycles. The van der Waals surface area contributed by atoms with E-state index in [2.05, 4.69) is 62.5 Å². The molecule has 0 aromatic heterocycles. The van der Waals surface area contributed by atoms with E-state index in [0.717, 1.165) is 77.0 Å². The van der Waals surface area contributed by atoms with E-state index in [1.807, 2.05) is 24.3 Å². The van der Waals surface area contributed by atoms with E-state index in [1.165, 1.54) is 103 Å². The predicted molar refractivity (Wildman–Crippen MR) is 245 cm³/mol. The number of ether oxygens (including phenoxy) is 1. The number of aliphatic hydroxyl groups excluding tert-OH is 2. The van der Waals surface area contributed by atoms with Gasteiger partial charge in [0.15, 0.2) is 0 Å². The molecule has 6 heteroatoms. The maximum absolute atomic E-state index is 13.1. The Morgan fingerprint density at radius 1 is 0.526 bits per heavy atom. The summed E-state index contributed by atoms with van der Waals surface area (Å²) >= 11 is 0. The standard InChI is InChI=1S/C51H91NO5/c1-4-7-10-13-16-19-22-24-26-29-31-34-37-40-43-49(54)48(46-53)52-50(55)45-47(42-39-36-33-30-28-25-23-20-17-14-11-8-5-2)57-51(56)44-41-38-35-32-27-21-18-15-12-9-6-3/h8,11,14-15,17-18,20,23,25,28,47-49,53-54H,4-7,9-10,12-13,16,19,21-22,24,26-27,29-46H2,1-3H3,(H,52,55)/b11-8+,17-14+,18-15-,23-20+,28-25-. The van der Waals surface area contributed by atoms with Gasteiger partial charge in [-0.2, -0.15) is 0 Å². The Morgan fingerprint density at radius 3 is 1.56 bits per heavy atom. The first-order chi connectivity index (χ1) is 28.0. The first-order valence-corrected chi connectivity index (χ1v) is 24.1. The fourth-order valence-corrected chi connectivity index (χ4v) is 7.01. The van der Waals surface area contributed by atoms with Crippen molar-refractivity contribution in [2.75, 3.05) is 6.61 Å². The van der Waals surface area contributed by atoms with Gasteiger partial charge in [0.05, 0.1) is 25.2 Å². The first kappa shape index (κ1) is 54.6. The highest BCUT2D eigenvalue weighted by molar-refractivity contribution is 5.77. The summed E-state index contributed by atoms with van der Waals surface area (Å²) in [5.41, 5.74) is 0. The molecule has 3 atom stereocenters. The lowest BCUT2D eigenvalue weighted by Gasteiger charge is -2.24. The van der Waals surface area contributed by atoms with Crippen LogP contribution in [-0.4, -0.2) is 46.9 Å². The monoisotopic (exact) mass is 798 g/mol. The minimum Gasteiger partial charge on any atom is -0.462 e. The number of amides is 1. The lowest BCUT2D eigenvalue weighted by Crippen LogP contribution is -2.46. The zero-order valence-electron chi connectivity index (χ0n) is 37.5. The second kappa shape index (κ2) is 44.7. The summed E-state index contributed by atoms with van der Waals surface area (Å²) < 4.78 is 5.88. The highest BCUT2D eigenvalue weighted by Crippen LogP contribution is 2.17. The molecule has 0 aromatic rings. The molecule has 0 bridgehead atoms. The van der Waals surface area contributed by atoms with Crippen molar-refractivity contribution >= 4 is 11.9 Å². The van der Waals surface area contributed by atoms with E-state index < -0.39 is 18.2 Å². The number of aliphatic hydroxyl groups is 2. The molecule has 0 aliphatic heterocycles. The molecule has 1 amide bonds. The summed E-state index contributed by atoms with van der Waals surface area (Å²) in [4.78, 5) is 26.0. The summed E-state index contributed by atoms with van der Waals surface area (Å²) in [5.74, 6) is -0.526. The number of carbonyl (C=O) groups excluding carboxylic acids is 2. The molecule has 3 unspecified atom stereocenters. The van der Waals surface area contributed by atoms with Crippen LogP contribution in [0.4, 0.5) is 0 Å². The largest absolute Gasteiger partial charge is 0.462 e. The van der Waals surface area contributed by atoms with E-state index in [-0.39, 0.29) is 24.9 Å². The number of esters is 1. The maximum atomic E-state index is 13.1. The topological polar surface area (TPSA) is 95.9 Å². The molecule has 0 radical (unpaired) electrons. The molecule has 0 aromatic carbocycles. The van der Waals surface area contributed by atoms with Crippen molar-refractivity contribution < 1.29 is 24.5 Å². The Labute approximate surface area is 352 Å². The number of nitrogens with one attached hydrogen (secondary N) is 1. The molecule has 0 saturated carbocycles. The van der Waals surface area contributed by atoms with Gasteiger partial charge in [0.25, 0.3) is 0 Å². The number of rotatable bonds is 42. The van der Waals surface area contributed by atoms with Crippen LogP contribution < -0.4 is 5.32 Å². The number of carbonyl (C=O) groups is 2. The van der Waals surface area contributed by atoms with Crippen molar-refractivity contribution in [3.63, 3.8) is 0 Å². The lowest BCUT2D eigenvalue weighted by atomic mass is 10.0. The average molecular weight is 798 g/mol. The van der Waals surface area contributed by atoms with Crippen LogP contribution in [0.3, 0.4) is 0 Å². The van der Waals surface area contributed by atoms with Crippen LogP contribution in [0.1, 0.15) is 226 Å². The Kier molecular flexibility index (Phi) is 42.7. The summed E-state index contributed by atoms with van der Waals surface area (Å²) in [5, 5.41) is 23.7. The SMILES string of the molecule is CC/C=C/C=C/C=C/C=C\CCCCCC(CC(=O)NC(CO)C(O)CCCCCCCCCCCCCCCC)OC(=O)CCCCCCC/C=C\CCCC. The zero-order valence-corrected chi connectivity index (χ0v) is 37.5. The molecular formula is C51H91NO5. The summed E-state index contributed by atoms with van der Waals surface area (Å²) in [6.45, 7) is 6.29. The molecule has 57 heavy (non-hydrogen) atoms. The van der Waals surface area contributed by atoms with Crippen LogP contribution >= 0.6 is 0 Å². The summed E-state index contributed by atoms with van der Waals surface area (Å²) in [7, 11) is 0. The Balaban J connectivity index is 4.64. The molecule has 3 N–H and O–H groups in total. The van der Waals surface area contributed by atoms with Crippen molar-refractivity contribution in [2.45, 2.75) is 244 Å². The van der Waals surface area contributed by atoms with E-state index in [4.69, 9.17) is 4.74 Å². The van der Waals surface area contributed by atoms with Gasteiger partial charge in [-0.1, -0.05) is 210 Å². The molecule has 0 rings (SSSR count). The van der Waals surface area contributed by atoms with Gasteiger partial charge in [-0.05, 0) is 64.2 Å². The van der Waals surface area contributed by atoms with Gasteiger partial charge in [0.1, 0.15) is 6.10 Å². The minimum absolute atomic E-state index is 0.0469. The predicted octanol–water partition coefficient (Wildman–Crippen LogP) is 14.1. The van der Waals surface area contributed by atoms with Gasteiger partial charge in [-0.25, -0.2) is 0 Å². The van der Waals surface area contributed by atoms with Crippen molar-refractivity contribution in [3.05, 3.63) is 60.8 Å². The summed E-state index contributed by atoms with van der Waals surface area (Å²) in [6, 6.07) is -0.716. The lowest BCUT2D eigenvalue weighted by molar-refractivity contribution is -0.151. The van der Waals surface area contributed by atoms with Crippen LogP contribution in [-0.2, 0) is 14.3 Å². The molecular weight excluding hydrogens is 707 g/mol. The third-order valence-electron chi connectivity index (χ3n) is 10.7. The first-order valence-electron chi connectivity index (χ1n) is 24.1. The number of allylic oxidation sites excluding steroid dienone is 10. The van der Waals surface area contributed by atoms with E-state index >= 15 is 0 Å². The number of unbranched alkanes of at least 4 members (excludes halogenated alkanes) is 23. The van der Waals surface area contributed by atoms with Gasteiger partial charge in [-0.15, -0.1) is 0 Å². The fourth-order valence-electron chi connectivity index (χ4n) is 7.01. The average Bonchev–Trinajstić information content (AvgIpc) is 3.20. The van der Waals surface area contributed by atoms with E-state index in [9.17, 15) is 19.8 Å². The van der Waals surface area contributed by atoms with Crippen LogP contribution in [0.15, 0.2) is 60.8 Å². The Bertz CT molecular complexity index is 1030. The van der Waals surface area contributed by atoms with Gasteiger partial charge in [-0.3, -0.25) is 9.59 Å². The smallest absolute Gasteiger partial charge is 0.306 e. The normalized spacial score (nSPS) is 13.8. The van der Waals surface area contributed by atoms with E-state index in [1.54, 1.807) is 0 Å². The van der Waals surface area contributed by atoms with Crippen molar-refractivity contribution in [1.82, 2.24) is 5.32 Å². The highest BCUT2D eigenvalue weighted by Gasteiger charge is 2.24. The van der Waals surface area contributed by atoms with Gasteiger partial charge >= 0.3 is 5.97 Å². The second-order valence-electron chi connectivity index (χ2n) is 16.2. The molecule has 6 nitrogen and oxygen atoms in total. The molecule has 330 valence electrons. The van der Waals surface area contributed by atoms with Crippen LogP contribution in [0, 0.1) is 0 Å². The Morgan fingerprint density at radius 2 is 0.982 bits per heavy atom. The van der Waals surface area contributed by atoms with Gasteiger partial charge in [0.2, 0.25) is 5.91 Å². The minimum atomic E-state index is -0.800. The Hall–Kier alpha value is -2.44.